The molecule has 0 aromatic heterocycles. The summed E-state index contributed by atoms with van der Waals surface area (Å²) in [6.07, 6.45) is -0.755. The number of carbonyl (C=O) groups is 2. The Morgan fingerprint density at radius 2 is 1.67 bits per heavy atom. The maximum atomic E-state index is 11.8. The zero-order valence-corrected chi connectivity index (χ0v) is 17.7. The number of rotatable bonds is 4. The van der Waals surface area contributed by atoms with Gasteiger partial charge < -0.3 is 14.2 Å². The van der Waals surface area contributed by atoms with E-state index in [1.165, 1.54) is 0 Å². The predicted octanol–water partition coefficient (Wildman–Crippen LogP) is 5.47. The lowest BCUT2D eigenvalue weighted by atomic mass is 10.2. The van der Waals surface area contributed by atoms with Gasteiger partial charge in [-0.2, -0.15) is 0 Å². The van der Waals surface area contributed by atoms with Gasteiger partial charge in [-0.05, 0) is 90.6 Å². The minimum absolute atomic E-state index is 0. The number of carbonyl (C=O) groups excluding carboxylic acids is 2. The van der Waals surface area contributed by atoms with Crippen molar-refractivity contribution in [3.8, 4) is 5.75 Å². The zero-order chi connectivity index (χ0) is 17.8. The Bertz CT molecular complexity index is 609. The van der Waals surface area contributed by atoms with Gasteiger partial charge in [0, 0.05) is 5.57 Å². The standard InChI is InChI=1S/C16H18I2O5.CH4/c1-9(2)14(19)21-8-10-6-11(17)13(12(18)7-10)22-15(20)23-16(3,4)5;/h6-7H,1,8H2,2-5H3;1H4. The topological polar surface area (TPSA) is 61.8 Å². The average Bonchev–Trinajstić information content (AvgIpc) is 2.38. The highest BCUT2D eigenvalue weighted by molar-refractivity contribution is 14.1. The first-order valence-corrected chi connectivity index (χ1v) is 8.86. The lowest BCUT2D eigenvalue weighted by Gasteiger charge is -2.19. The fraction of sp³-hybridized carbons (Fsp3) is 0.412. The van der Waals surface area contributed by atoms with Crippen LogP contribution in [-0.4, -0.2) is 17.7 Å². The molecule has 0 atom stereocenters. The Hall–Kier alpha value is -0.840. The second-order valence-electron chi connectivity index (χ2n) is 5.81. The highest BCUT2D eigenvalue weighted by Gasteiger charge is 2.20. The van der Waals surface area contributed by atoms with Gasteiger partial charge in [-0.1, -0.05) is 14.0 Å². The Labute approximate surface area is 170 Å². The number of hydrogen-bond acceptors (Lipinski definition) is 5. The molecule has 0 aliphatic carbocycles. The minimum atomic E-state index is -0.755. The zero-order valence-electron chi connectivity index (χ0n) is 13.4. The van der Waals surface area contributed by atoms with Crippen LogP contribution in [0.2, 0.25) is 0 Å². The van der Waals surface area contributed by atoms with Gasteiger partial charge in [0.25, 0.3) is 0 Å². The van der Waals surface area contributed by atoms with Gasteiger partial charge >= 0.3 is 12.1 Å². The lowest BCUT2D eigenvalue weighted by Crippen LogP contribution is -2.26. The van der Waals surface area contributed by atoms with E-state index < -0.39 is 17.7 Å². The number of ether oxygens (including phenoxy) is 3. The van der Waals surface area contributed by atoms with E-state index in [1.807, 2.05) is 0 Å². The van der Waals surface area contributed by atoms with Crippen molar-refractivity contribution < 1.29 is 23.8 Å². The molecule has 0 saturated carbocycles. The van der Waals surface area contributed by atoms with Crippen LogP contribution in [0.5, 0.6) is 5.75 Å². The van der Waals surface area contributed by atoms with Crippen molar-refractivity contribution in [1.82, 2.24) is 0 Å². The van der Waals surface area contributed by atoms with Crippen molar-refractivity contribution >= 4 is 57.3 Å². The molecule has 1 rings (SSSR count). The maximum Gasteiger partial charge on any atom is 0.514 e. The van der Waals surface area contributed by atoms with Crippen LogP contribution in [0.25, 0.3) is 0 Å². The van der Waals surface area contributed by atoms with Gasteiger partial charge in [0.1, 0.15) is 12.2 Å². The highest BCUT2D eigenvalue weighted by Crippen LogP contribution is 2.30. The van der Waals surface area contributed by atoms with Crippen LogP contribution in [0, 0.1) is 7.14 Å². The summed E-state index contributed by atoms with van der Waals surface area (Å²) in [5.41, 5.74) is 0.522. The Morgan fingerprint density at radius 1 is 1.17 bits per heavy atom. The fourth-order valence-corrected chi connectivity index (χ4v) is 3.54. The van der Waals surface area contributed by atoms with E-state index >= 15 is 0 Å². The Balaban J connectivity index is 0.00000529. The van der Waals surface area contributed by atoms with Crippen LogP contribution in [0.1, 0.15) is 40.7 Å². The van der Waals surface area contributed by atoms with Crippen molar-refractivity contribution in [2.24, 2.45) is 0 Å². The molecule has 0 fully saturated rings. The van der Waals surface area contributed by atoms with E-state index in [1.54, 1.807) is 39.8 Å². The smallest absolute Gasteiger partial charge is 0.457 e. The SMILES string of the molecule is C.C=C(C)C(=O)OCc1cc(I)c(OC(=O)OC(C)(C)C)c(I)c1. The molecule has 1 aromatic carbocycles. The molecule has 134 valence electrons. The molecular weight excluding hydrogens is 538 g/mol. The Kier molecular flexibility index (Phi) is 9.26. The molecule has 0 aliphatic rings. The van der Waals surface area contributed by atoms with Crippen LogP contribution in [-0.2, 0) is 20.9 Å². The number of benzene rings is 1. The quantitative estimate of drug-likeness (QED) is 0.212. The monoisotopic (exact) mass is 560 g/mol. The van der Waals surface area contributed by atoms with Crippen molar-refractivity contribution in [3.05, 3.63) is 37.0 Å². The summed E-state index contributed by atoms with van der Waals surface area (Å²) in [5, 5.41) is 0. The third-order valence-corrected chi connectivity index (χ3v) is 3.95. The van der Waals surface area contributed by atoms with E-state index in [2.05, 4.69) is 51.8 Å². The minimum Gasteiger partial charge on any atom is -0.457 e. The van der Waals surface area contributed by atoms with Gasteiger partial charge in [-0.25, -0.2) is 9.59 Å². The van der Waals surface area contributed by atoms with Gasteiger partial charge in [0.15, 0.2) is 5.75 Å². The molecule has 0 aliphatic heterocycles. The summed E-state index contributed by atoms with van der Waals surface area (Å²) in [6.45, 7) is 10.6. The molecule has 5 nitrogen and oxygen atoms in total. The van der Waals surface area contributed by atoms with Crippen molar-refractivity contribution in [3.63, 3.8) is 0 Å². The molecule has 0 N–H and O–H groups in total. The molecule has 0 radical (unpaired) electrons. The molecule has 0 unspecified atom stereocenters. The molecule has 7 heteroatoms. The largest absolute Gasteiger partial charge is 0.514 e. The second-order valence-corrected chi connectivity index (χ2v) is 8.14. The van der Waals surface area contributed by atoms with E-state index in [0.29, 0.717) is 11.3 Å². The predicted molar refractivity (Wildman–Crippen MR) is 110 cm³/mol. The van der Waals surface area contributed by atoms with Crippen LogP contribution >= 0.6 is 45.2 Å². The van der Waals surface area contributed by atoms with Gasteiger partial charge in [0.2, 0.25) is 0 Å². The van der Waals surface area contributed by atoms with Crippen molar-refractivity contribution in [2.75, 3.05) is 0 Å². The lowest BCUT2D eigenvalue weighted by molar-refractivity contribution is -0.140. The molecule has 24 heavy (non-hydrogen) atoms. The first-order chi connectivity index (χ1) is 10.5. The summed E-state index contributed by atoms with van der Waals surface area (Å²) in [4.78, 5) is 23.2. The fourth-order valence-electron chi connectivity index (χ4n) is 1.42. The summed E-state index contributed by atoms with van der Waals surface area (Å²) in [6, 6.07) is 3.57. The van der Waals surface area contributed by atoms with Crippen molar-refractivity contribution in [2.45, 2.75) is 47.3 Å². The summed E-state index contributed by atoms with van der Waals surface area (Å²) >= 11 is 4.11. The van der Waals surface area contributed by atoms with Crippen LogP contribution in [0.3, 0.4) is 0 Å². The molecule has 0 spiro atoms. The summed E-state index contributed by atoms with van der Waals surface area (Å²) in [7, 11) is 0. The average molecular weight is 560 g/mol. The van der Waals surface area contributed by atoms with E-state index in [0.717, 1.165) is 12.7 Å². The number of esters is 1. The summed E-state index contributed by atoms with van der Waals surface area (Å²) < 4.78 is 17.0. The van der Waals surface area contributed by atoms with Crippen LogP contribution < -0.4 is 4.74 Å². The third-order valence-electron chi connectivity index (χ3n) is 2.35. The Morgan fingerprint density at radius 3 is 2.08 bits per heavy atom. The normalized spacial score (nSPS) is 10.4. The molecule has 0 heterocycles. The number of halogens is 2. The third kappa shape index (κ3) is 7.82. The summed E-state index contributed by atoms with van der Waals surface area (Å²) in [5.74, 6) is -0.0143. The molecular formula is C17H22I2O5. The molecule has 0 bridgehead atoms. The molecule has 1 aromatic rings. The van der Waals surface area contributed by atoms with Gasteiger partial charge in [-0.15, -0.1) is 0 Å². The van der Waals surface area contributed by atoms with E-state index in [4.69, 9.17) is 14.2 Å². The van der Waals surface area contributed by atoms with Gasteiger partial charge in [0.05, 0.1) is 7.14 Å². The van der Waals surface area contributed by atoms with E-state index in [-0.39, 0.29) is 14.0 Å². The maximum absolute atomic E-state index is 11.8. The van der Waals surface area contributed by atoms with Gasteiger partial charge in [-0.3, -0.25) is 0 Å². The first kappa shape index (κ1) is 23.2. The highest BCUT2D eigenvalue weighted by atomic mass is 127. The van der Waals surface area contributed by atoms with E-state index in [9.17, 15) is 9.59 Å². The molecule has 0 saturated heterocycles. The number of hydrogen-bond donors (Lipinski definition) is 0. The second kappa shape index (κ2) is 9.59. The van der Waals surface area contributed by atoms with Crippen molar-refractivity contribution in [1.29, 1.82) is 0 Å². The van der Waals surface area contributed by atoms with Crippen LogP contribution in [0.15, 0.2) is 24.3 Å². The first-order valence-electron chi connectivity index (χ1n) is 6.71. The molecule has 0 amide bonds. The van der Waals surface area contributed by atoms with Crippen LogP contribution in [0.4, 0.5) is 4.79 Å².